The number of carbonyl (C=O) groups excluding carboxylic acids is 2. The van der Waals surface area contributed by atoms with Crippen LogP contribution in [0.15, 0.2) is 35.3 Å². The topological polar surface area (TPSA) is 80.2 Å². The second-order valence-corrected chi connectivity index (χ2v) is 12.7. The van der Waals surface area contributed by atoms with Gasteiger partial charge in [0.2, 0.25) is 11.8 Å². The van der Waals surface area contributed by atoms with Gasteiger partial charge >= 0.3 is 6.09 Å². The smallest absolute Gasteiger partial charge is 0.411 e. The lowest BCUT2D eigenvalue weighted by molar-refractivity contribution is -0.138. The first-order chi connectivity index (χ1) is 17.9. The Hall–Kier alpha value is -2.57. The van der Waals surface area contributed by atoms with Gasteiger partial charge in [0.05, 0.1) is 6.04 Å². The van der Waals surface area contributed by atoms with Gasteiger partial charge in [0.1, 0.15) is 24.3 Å². The Labute approximate surface area is 220 Å². The Bertz CT molecular complexity index is 1000. The molecule has 7 heteroatoms. The number of likely N-dealkylation sites (tertiary alicyclic amines) is 1. The van der Waals surface area contributed by atoms with E-state index in [2.05, 4.69) is 31.3 Å². The molecule has 4 bridgehead atoms. The summed E-state index contributed by atoms with van der Waals surface area (Å²) in [5.74, 6) is 2.72. The lowest BCUT2D eigenvalue weighted by Gasteiger charge is -2.55. The Kier molecular flexibility index (Phi) is 6.66. The number of rotatable bonds is 7. The minimum Gasteiger partial charge on any atom is -0.477 e. The van der Waals surface area contributed by atoms with Crippen LogP contribution < -0.4 is 5.32 Å². The predicted molar refractivity (Wildman–Crippen MR) is 141 cm³/mol. The van der Waals surface area contributed by atoms with Crippen LogP contribution in [0.1, 0.15) is 70.8 Å². The van der Waals surface area contributed by atoms with Gasteiger partial charge in [0.15, 0.2) is 0 Å². The number of carbonyl (C=O) groups is 2. The first-order valence-electron chi connectivity index (χ1n) is 14.4. The number of ether oxygens (including phenoxy) is 2. The zero-order valence-electron chi connectivity index (χ0n) is 22.2. The molecule has 37 heavy (non-hydrogen) atoms. The Morgan fingerprint density at radius 1 is 1.11 bits per heavy atom. The molecule has 2 heterocycles. The summed E-state index contributed by atoms with van der Waals surface area (Å²) in [6.07, 6.45) is 8.94. The Morgan fingerprint density at radius 3 is 2.43 bits per heavy atom. The van der Waals surface area contributed by atoms with Gasteiger partial charge in [-0.1, -0.05) is 44.2 Å². The third-order valence-corrected chi connectivity index (χ3v) is 9.35. The van der Waals surface area contributed by atoms with Crippen LogP contribution in [0.4, 0.5) is 4.79 Å². The molecule has 0 unspecified atom stereocenters. The fraction of sp³-hybridized carbons (Fsp3) is 0.700. The fourth-order valence-electron chi connectivity index (χ4n) is 8.02. The molecule has 7 nitrogen and oxygen atoms in total. The van der Waals surface area contributed by atoms with Gasteiger partial charge in [-0.2, -0.15) is 0 Å². The van der Waals surface area contributed by atoms with Gasteiger partial charge < -0.3 is 14.8 Å². The minimum atomic E-state index is -0.496. The highest BCUT2D eigenvalue weighted by molar-refractivity contribution is 5.92. The van der Waals surface area contributed by atoms with Crippen molar-refractivity contribution in [3.05, 3.63) is 35.9 Å². The molecule has 2 aliphatic heterocycles. The summed E-state index contributed by atoms with van der Waals surface area (Å²) in [6.45, 7) is 5.23. The third-order valence-electron chi connectivity index (χ3n) is 9.35. The van der Waals surface area contributed by atoms with Crippen molar-refractivity contribution in [2.24, 2.45) is 28.7 Å². The second-order valence-electron chi connectivity index (χ2n) is 12.7. The molecule has 4 aliphatic carbocycles. The van der Waals surface area contributed by atoms with Crippen LogP contribution in [-0.4, -0.2) is 59.7 Å². The monoisotopic (exact) mass is 507 g/mol. The zero-order chi connectivity index (χ0) is 25.6. The molecule has 0 spiro atoms. The average molecular weight is 508 g/mol. The molecule has 6 aliphatic rings. The first-order valence-corrected chi connectivity index (χ1v) is 14.4. The van der Waals surface area contributed by atoms with Crippen molar-refractivity contribution in [1.29, 1.82) is 0 Å². The largest absolute Gasteiger partial charge is 0.477 e. The number of benzene rings is 1. The van der Waals surface area contributed by atoms with E-state index >= 15 is 0 Å². The maximum atomic E-state index is 13.5. The van der Waals surface area contributed by atoms with Gasteiger partial charge in [-0.25, -0.2) is 9.79 Å². The summed E-state index contributed by atoms with van der Waals surface area (Å²) in [5.41, 5.74) is 0.932. The standard InChI is InChI=1S/C30H41N3O4/c1-19(2)26(28-31-24(18-36-28)14-20-7-4-3-5-8-20)32-27(34)25-9-6-10-33(25)29(35)37-30-15-21-11-22(16-30)13-23(12-21)17-30/h3-5,7-8,19,21-26H,6,9-18H2,1-2H3,(H,32,34)/t21?,22?,23?,24-,25+,26+,30?/m1/s1. The van der Waals surface area contributed by atoms with E-state index in [1.54, 1.807) is 4.90 Å². The van der Waals surface area contributed by atoms with Crippen LogP contribution >= 0.6 is 0 Å². The minimum absolute atomic E-state index is 0.0498. The summed E-state index contributed by atoms with van der Waals surface area (Å²) in [6, 6.07) is 9.54. The highest BCUT2D eigenvalue weighted by Crippen LogP contribution is 2.57. The number of nitrogens with zero attached hydrogens (tertiary/aromatic N) is 2. The molecule has 1 N–H and O–H groups in total. The highest BCUT2D eigenvalue weighted by atomic mass is 16.6. The van der Waals surface area contributed by atoms with Crippen molar-refractivity contribution in [3.8, 4) is 0 Å². The second kappa shape index (κ2) is 9.95. The quantitative estimate of drug-likeness (QED) is 0.578. The maximum Gasteiger partial charge on any atom is 0.411 e. The van der Waals surface area contributed by atoms with Crippen molar-refractivity contribution in [3.63, 3.8) is 0 Å². The molecule has 3 atom stereocenters. The highest BCUT2D eigenvalue weighted by Gasteiger charge is 2.54. The molecule has 0 aromatic heterocycles. The molecule has 2 amide bonds. The predicted octanol–water partition coefficient (Wildman–Crippen LogP) is 4.74. The van der Waals surface area contributed by atoms with Crippen LogP contribution in [0.3, 0.4) is 0 Å². The van der Waals surface area contributed by atoms with Crippen molar-refractivity contribution < 1.29 is 19.1 Å². The van der Waals surface area contributed by atoms with E-state index in [0.717, 1.165) is 32.1 Å². The number of hydrogen-bond donors (Lipinski definition) is 1. The molecule has 1 aromatic rings. The van der Waals surface area contributed by atoms with Crippen LogP contribution in [0.5, 0.6) is 0 Å². The van der Waals surface area contributed by atoms with Crippen molar-refractivity contribution >= 4 is 17.9 Å². The van der Waals surface area contributed by atoms with Gasteiger partial charge in [-0.15, -0.1) is 0 Å². The fourth-order valence-corrected chi connectivity index (χ4v) is 8.02. The van der Waals surface area contributed by atoms with Crippen LogP contribution in [0.2, 0.25) is 0 Å². The summed E-state index contributed by atoms with van der Waals surface area (Å²) < 4.78 is 12.3. The molecule has 1 aromatic carbocycles. The van der Waals surface area contributed by atoms with E-state index in [1.165, 1.54) is 24.8 Å². The molecular weight excluding hydrogens is 466 g/mol. The van der Waals surface area contributed by atoms with Crippen molar-refractivity contribution in [2.45, 2.75) is 95.4 Å². The summed E-state index contributed by atoms with van der Waals surface area (Å²) >= 11 is 0. The summed E-state index contributed by atoms with van der Waals surface area (Å²) in [7, 11) is 0. The van der Waals surface area contributed by atoms with Crippen molar-refractivity contribution in [2.75, 3.05) is 13.2 Å². The van der Waals surface area contributed by atoms with Gasteiger partial charge in [-0.3, -0.25) is 9.69 Å². The Balaban J connectivity index is 1.09. The molecule has 200 valence electrons. The van der Waals surface area contributed by atoms with Crippen LogP contribution in [0.25, 0.3) is 0 Å². The number of amides is 2. The number of nitrogens with one attached hydrogen (secondary N) is 1. The average Bonchev–Trinajstić information content (AvgIpc) is 3.52. The SMILES string of the molecule is CC(C)[C@H](NC(=O)[C@@H]1CCCN1C(=O)OC12CC3CC(CC(C3)C1)C2)C1=N[C@H](Cc2ccccc2)CO1. The molecule has 5 fully saturated rings. The summed E-state index contributed by atoms with van der Waals surface area (Å²) in [4.78, 5) is 33.4. The molecule has 7 rings (SSSR count). The lowest BCUT2D eigenvalue weighted by Crippen LogP contribution is -2.56. The van der Waals surface area contributed by atoms with E-state index in [9.17, 15) is 9.59 Å². The van der Waals surface area contributed by atoms with Crippen LogP contribution in [0, 0.1) is 23.7 Å². The maximum absolute atomic E-state index is 13.5. The summed E-state index contributed by atoms with van der Waals surface area (Å²) in [5, 5.41) is 3.18. The van der Waals surface area contributed by atoms with Gasteiger partial charge in [0.25, 0.3) is 0 Å². The number of aliphatic imine (C=N–C) groups is 1. The molecule has 1 saturated heterocycles. The Morgan fingerprint density at radius 2 is 1.78 bits per heavy atom. The van der Waals surface area contributed by atoms with E-state index in [0.29, 0.717) is 43.2 Å². The lowest BCUT2D eigenvalue weighted by atomic mass is 9.54. The third kappa shape index (κ3) is 5.10. The normalized spacial score (nSPS) is 34.8. The van der Waals surface area contributed by atoms with Gasteiger partial charge in [0, 0.05) is 6.54 Å². The molecule has 0 radical (unpaired) electrons. The van der Waals surface area contributed by atoms with Crippen LogP contribution in [-0.2, 0) is 20.7 Å². The first kappa shape index (κ1) is 24.7. The van der Waals surface area contributed by atoms with E-state index in [1.807, 2.05) is 18.2 Å². The number of hydrogen-bond acceptors (Lipinski definition) is 5. The van der Waals surface area contributed by atoms with Crippen molar-refractivity contribution in [1.82, 2.24) is 10.2 Å². The van der Waals surface area contributed by atoms with E-state index < -0.39 is 6.04 Å². The zero-order valence-corrected chi connectivity index (χ0v) is 22.2. The van der Waals surface area contributed by atoms with E-state index in [4.69, 9.17) is 14.5 Å². The van der Waals surface area contributed by atoms with E-state index in [-0.39, 0.29) is 35.6 Å². The van der Waals surface area contributed by atoms with Gasteiger partial charge in [-0.05, 0) is 87.0 Å². The molecule has 4 saturated carbocycles. The molecular formula is C30H41N3O4.